The van der Waals surface area contributed by atoms with Gasteiger partial charge in [-0.1, -0.05) is 0 Å². The molecule has 1 heterocycles. The fourth-order valence-corrected chi connectivity index (χ4v) is 2.64. The normalized spacial score (nSPS) is 10.7. The van der Waals surface area contributed by atoms with Gasteiger partial charge in [-0.15, -0.1) is 0 Å². The van der Waals surface area contributed by atoms with Crippen LogP contribution in [0.2, 0.25) is 0 Å². The predicted octanol–water partition coefficient (Wildman–Crippen LogP) is 2.44. The molecule has 0 aliphatic carbocycles. The van der Waals surface area contributed by atoms with Gasteiger partial charge < -0.3 is 30.3 Å². The average Bonchev–Trinajstić information content (AvgIpc) is 2.72. The first-order valence-corrected chi connectivity index (χ1v) is 10.5. The lowest BCUT2D eigenvalue weighted by atomic mass is 10.1. The zero-order valence-corrected chi connectivity index (χ0v) is 17.6. The lowest BCUT2D eigenvalue weighted by Gasteiger charge is -2.13. The van der Waals surface area contributed by atoms with Crippen molar-refractivity contribution in [3.8, 4) is 6.07 Å². The highest BCUT2D eigenvalue weighted by Crippen LogP contribution is 2.20. The molecule has 8 nitrogen and oxygen atoms in total. The molecule has 1 rings (SSSR count). The van der Waals surface area contributed by atoms with Crippen molar-refractivity contribution >= 4 is 11.6 Å². The predicted molar refractivity (Wildman–Crippen MR) is 114 cm³/mol. The quantitative estimate of drug-likeness (QED) is 0.273. The summed E-state index contributed by atoms with van der Waals surface area (Å²) < 4.78 is 11.0. The van der Waals surface area contributed by atoms with Gasteiger partial charge in [-0.25, -0.2) is 4.98 Å². The Balaban J connectivity index is 2.34. The van der Waals surface area contributed by atoms with Gasteiger partial charge in [0.2, 0.25) is 0 Å². The summed E-state index contributed by atoms with van der Waals surface area (Å²) in [6.45, 7) is 6.36. The molecule has 0 unspecified atom stereocenters. The Morgan fingerprint density at radius 3 is 2.00 bits per heavy atom. The van der Waals surface area contributed by atoms with Crippen LogP contribution in [0, 0.1) is 18.3 Å². The van der Waals surface area contributed by atoms with Crippen molar-refractivity contribution in [1.29, 1.82) is 5.26 Å². The number of aliphatic hydroxyl groups is 2. The van der Waals surface area contributed by atoms with E-state index in [-0.39, 0.29) is 13.2 Å². The van der Waals surface area contributed by atoms with E-state index >= 15 is 0 Å². The highest BCUT2D eigenvalue weighted by molar-refractivity contribution is 5.60. The van der Waals surface area contributed by atoms with Gasteiger partial charge in [0.05, 0.1) is 5.56 Å². The molecule has 0 fully saturated rings. The third kappa shape index (κ3) is 11.6. The van der Waals surface area contributed by atoms with Crippen molar-refractivity contribution in [3.63, 3.8) is 0 Å². The standard InChI is InChI=1S/C21H36N4O4/c1-18-16-20(23-8-6-14-28-12-4-2-10-26)25-21(19(18)17-22)24-9-7-15-29-13-5-3-11-27/h16,26-27H,2-15H2,1H3,(H2,23,24,25). The Kier molecular flexibility index (Phi) is 14.7. The third-order valence-corrected chi connectivity index (χ3v) is 4.25. The number of aromatic nitrogens is 1. The number of hydrogen-bond donors (Lipinski definition) is 4. The molecule has 164 valence electrons. The molecule has 29 heavy (non-hydrogen) atoms. The van der Waals surface area contributed by atoms with Crippen LogP contribution in [0.3, 0.4) is 0 Å². The number of aryl methyl sites for hydroxylation is 1. The highest BCUT2D eigenvalue weighted by Gasteiger charge is 2.09. The monoisotopic (exact) mass is 408 g/mol. The van der Waals surface area contributed by atoms with E-state index in [0.717, 1.165) is 56.5 Å². The van der Waals surface area contributed by atoms with Gasteiger partial charge in [0.25, 0.3) is 0 Å². The average molecular weight is 409 g/mol. The zero-order chi connectivity index (χ0) is 21.2. The van der Waals surface area contributed by atoms with Crippen molar-refractivity contribution in [1.82, 2.24) is 4.98 Å². The Bertz CT molecular complexity index is 593. The maximum absolute atomic E-state index is 9.42. The van der Waals surface area contributed by atoms with Gasteiger partial charge in [0.15, 0.2) is 0 Å². The number of nitriles is 1. The van der Waals surface area contributed by atoms with Crippen LogP contribution < -0.4 is 10.6 Å². The number of unbranched alkanes of at least 4 members (excludes halogenated alkanes) is 2. The molecular weight excluding hydrogens is 372 g/mol. The summed E-state index contributed by atoms with van der Waals surface area (Å²) >= 11 is 0. The molecule has 0 spiro atoms. The second-order valence-corrected chi connectivity index (χ2v) is 6.81. The summed E-state index contributed by atoms with van der Waals surface area (Å²) in [4.78, 5) is 4.54. The van der Waals surface area contributed by atoms with E-state index in [1.807, 2.05) is 13.0 Å². The minimum atomic E-state index is 0.203. The topological polar surface area (TPSA) is 120 Å². The van der Waals surface area contributed by atoms with Crippen molar-refractivity contribution < 1.29 is 19.7 Å². The lowest BCUT2D eigenvalue weighted by molar-refractivity contribution is 0.125. The molecule has 0 aliphatic heterocycles. The Labute approximate surface area is 174 Å². The first-order valence-electron chi connectivity index (χ1n) is 10.5. The summed E-state index contributed by atoms with van der Waals surface area (Å²) in [6.07, 6.45) is 4.96. The van der Waals surface area contributed by atoms with Crippen LogP contribution in [0.5, 0.6) is 0 Å². The number of ether oxygens (including phenoxy) is 2. The molecular formula is C21H36N4O4. The molecule has 1 aromatic rings. The van der Waals surface area contributed by atoms with Crippen LogP contribution in [-0.2, 0) is 9.47 Å². The minimum absolute atomic E-state index is 0.203. The van der Waals surface area contributed by atoms with Gasteiger partial charge in [0.1, 0.15) is 17.7 Å². The van der Waals surface area contributed by atoms with Crippen LogP contribution in [0.15, 0.2) is 6.07 Å². The smallest absolute Gasteiger partial charge is 0.146 e. The summed E-state index contributed by atoms with van der Waals surface area (Å²) in [5.41, 5.74) is 1.44. The maximum atomic E-state index is 9.42. The fourth-order valence-electron chi connectivity index (χ4n) is 2.64. The number of anilines is 2. The Morgan fingerprint density at radius 2 is 1.45 bits per heavy atom. The summed E-state index contributed by atoms with van der Waals surface area (Å²) in [6, 6.07) is 4.11. The molecule has 0 aromatic carbocycles. The molecule has 0 atom stereocenters. The van der Waals surface area contributed by atoms with Crippen molar-refractivity contribution in [2.75, 3.05) is 63.4 Å². The van der Waals surface area contributed by atoms with Crippen molar-refractivity contribution in [2.45, 2.75) is 45.4 Å². The number of nitrogens with zero attached hydrogens (tertiary/aromatic N) is 2. The molecule has 0 saturated carbocycles. The van der Waals surface area contributed by atoms with E-state index in [9.17, 15) is 5.26 Å². The number of pyridine rings is 1. The van der Waals surface area contributed by atoms with Gasteiger partial charge in [-0.05, 0) is 57.1 Å². The Hall–Kier alpha value is -1.92. The highest BCUT2D eigenvalue weighted by atomic mass is 16.5. The van der Waals surface area contributed by atoms with Crippen molar-refractivity contribution in [2.24, 2.45) is 0 Å². The molecule has 8 heteroatoms. The molecule has 0 bridgehead atoms. The second-order valence-electron chi connectivity index (χ2n) is 6.81. The molecule has 4 N–H and O–H groups in total. The third-order valence-electron chi connectivity index (χ3n) is 4.25. The van der Waals surface area contributed by atoms with E-state index < -0.39 is 0 Å². The van der Waals surface area contributed by atoms with Gasteiger partial charge in [-0.3, -0.25) is 0 Å². The molecule has 0 aliphatic rings. The molecule has 0 radical (unpaired) electrons. The largest absolute Gasteiger partial charge is 0.396 e. The lowest BCUT2D eigenvalue weighted by Crippen LogP contribution is -2.12. The second kappa shape index (κ2) is 17.0. The summed E-state index contributed by atoms with van der Waals surface area (Å²) in [7, 11) is 0. The number of rotatable bonds is 18. The molecule has 0 saturated heterocycles. The number of hydrogen-bond acceptors (Lipinski definition) is 8. The van der Waals surface area contributed by atoms with Crippen LogP contribution >= 0.6 is 0 Å². The van der Waals surface area contributed by atoms with E-state index in [0.29, 0.717) is 44.4 Å². The van der Waals surface area contributed by atoms with E-state index in [2.05, 4.69) is 21.7 Å². The minimum Gasteiger partial charge on any atom is -0.396 e. The first kappa shape index (κ1) is 25.1. The summed E-state index contributed by atoms with van der Waals surface area (Å²) in [5, 5.41) is 33.4. The van der Waals surface area contributed by atoms with E-state index in [1.165, 1.54) is 0 Å². The van der Waals surface area contributed by atoms with E-state index in [4.69, 9.17) is 19.7 Å². The number of nitrogens with one attached hydrogen (secondary N) is 2. The first-order chi connectivity index (χ1) is 14.2. The van der Waals surface area contributed by atoms with Crippen molar-refractivity contribution in [3.05, 3.63) is 17.2 Å². The van der Waals surface area contributed by atoms with Gasteiger partial charge in [-0.2, -0.15) is 5.26 Å². The van der Waals surface area contributed by atoms with Gasteiger partial charge >= 0.3 is 0 Å². The molecule has 0 amide bonds. The summed E-state index contributed by atoms with van der Waals surface area (Å²) in [5.74, 6) is 1.33. The van der Waals surface area contributed by atoms with Crippen LogP contribution in [0.1, 0.15) is 49.7 Å². The zero-order valence-electron chi connectivity index (χ0n) is 17.6. The van der Waals surface area contributed by atoms with E-state index in [1.54, 1.807) is 0 Å². The fraction of sp³-hybridized carbons (Fsp3) is 0.714. The van der Waals surface area contributed by atoms with Crippen LogP contribution in [-0.4, -0.2) is 67.9 Å². The molecule has 1 aromatic heterocycles. The van der Waals surface area contributed by atoms with Gasteiger partial charge in [0, 0.05) is 52.7 Å². The maximum Gasteiger partial charge on any atom is 0.146 e. The SMILES string of the molecule is Cc1cc(NCCCOCCCCO)nc(NCCCOCCCCO)c1C#N. The van der Waals surface area contributed by atoms with Crippen LogP contribution in [0.25, 0.3) is 0 Å². The Morgan fingerprint density at radius 1 is 0.897 bits per heavy atom. The number of aliphatic hydroxyl groups excluding tert-OH is 2. The van der Waals surface area contributed by atoms with Crippen LogP contribution in [0.4, 0.5) is 11.6 Å².